The van der Waals surface area contributed by atoms with Gasteiger partial charge in [-0.2, -0.15) is 13.9 Å². The third-order valence-corrected chi connectivity index (χ3v) is 7.38. The number of rotatable bonds is 12. The van der Waals surface area contributed by atoms with Crippen LogP contribution in [0.4, 0.5) is 8.78 Å². The second kappa shape index (κ2) is 11.3. The smallest absolute Gasteiger partial charge is 0.388 e. The largest absolute Gasteiger partial charge is 0.477 e. The van der Waals surface area contributed by atoms with E-state index in [1.165, 1.54) is 4.68 Å². The maximum Gasteiger partial charge on any atom is 0.388 e. The molecule has 0 aliphatic heterocycles. The van der Waals surface area contributed by atoms with Gasteiger partial charge >= 0.3 is 6.61 Å². The summed E-state index contributed by atoms with van der Waals surface area (Å²) in [5, 5.41) is 9.58. The van der Waals surface area contributed by atoms with E-state index in [0.29, 0.717) is 41.6 Å². The lowest BCUT2D eigenvalue weighted by Crippen LogP contribution is -2.11. The predicted octanol–water partition coefficient (Wildman–Crippen LogP) is 5.20. The normalized spacial score (nSPS) is 12.6. The van der Waals surface area contributed by atoms with Crippen LogP contribution in [0.1, 0.15) is 19.0 Å². The Bertz CT molecular complexity index is 1410. The lowest BCUT2D eigenvalue weighted by molar-refractivity contribution is -0.0527. The van der Waals surface area contributed by atoms with E-state index in [0.717, 1.165) is 28.8 Å². The van der Waals surface area contributed by atoms with Crippen molar-refractivity contribution in [3.63, 3.8) is 0 Å². The first-order valence-electron chi connectivity index (χ1n) is 12.4. The Kier molecular flexibility index (Phi) is 8.31. The van der Waals surface area contributed by atoms with Crippen molar-refractivity contribution in [3.8, 4) is 34.1 Å². The fourth-order valence-electron chi connectivity index (χ4n) is 4.38. The summed E-state index contributed by atoms with van der Waals surface area (Å²) in [6.45, 7) is 2.20. The number of alkyl halides is 2. The Balaban J connectivity index is 2.00. The number of ether oxygens (including phenoxy) is 3. The zero-order valence-corrected chi connectivity index (χ0v) is 23.8. The molecule has 12 heteroatoms. The van der Waals surface area contributed by atoms with Crippen molar-refractivity contribution in [2.24, 2.45) is 14.1 Å². The van der Waals surface area contributed by atoms with Crippen LogP contribution in [0.2, 0.25) is 0 Å². The molecule has 0 N–H and O–H groups in total. The Morgan fingerprint density at radius 1 is 1.08 bits per heavy atom. The summed E-state index contributed by atoms with van der Waals surface area (Å²) < 4.78 is 49.1. The first kappa shape index (κ1) is 27.9. The van der Waals surface area contributed by atoms with E-state index < -0.39 is 16.6 Å². The molecular weight excluding hydrogens is 514 g/mol. The highest BCUT2D eigenvalue weighted by atomic mass is 32.3. The van der Waals surface area contributed by atoms with Crippen LogP contribution in [-0.2, 0) is 25.6 Å². The lowest BCUT2D eigenvalue weighted by Gasteiger charge is -2.24. The number of pyridine rings is 1. The highest BCUT2D eigenvalue weighted by Crippen LogP contribution is 2.47. The SMILES string of the molecule is CCCOc1c(-c2c(-c3cn(C)nc3OC(F)F)c3cccnc3n2COCCS(C)(C)C)c(C)nn1C. The molecule has 0 bridgehead atoms. The van der Waals surface area contributed by atoms with Gasteiger partial charge in [0.15, 0.2) is 0 Å². The van der Waals surface area contributed by atoms with Crippen LogP contribution >= 0.6 is 10.0 Å². The summed E-state index contributed by atoms with van der Waals surface area (Å²) in [7, 11) is 2.75. The topological polar surface area (TPSA) is 81.2 Å². The maximum atomic E-state index is 13.4. The number of halogens is 2. The van der Waals surface area contributed by atoms with Gasteiger partial charge in [-0.15, -0.1) is 5.10 Å². The molecule has 0 amide bonds. The number of nitrogens with zero attached hydrogens (tertiary/aromatic N) is 6. The van der Waals surface area contributed by atoms with E-state index in [4.69, 9.17) is 14.2 Å². The Labute approximate surface area is 223 Å². The molecule has 0 radical (unpaired) electrons. The summed E-state index contributed by atoms with van der Waals surface area (Å²) in [5.74, 6) is 1.36. The molecular formula is C26H36F2N6O3S. The maximum absolute atomic E-state index is 13.4. The van der Waals surface area contributed by atoms with Gasteiger partial charge in [0.05, 0.1) is 35.7 Å². The van der Waals surface area contributed by atoms with Crippen LogP contribution < -0.4 is 9.47 Å². The molecule has 0 saturated carbocycles. The molecule has 0 spiro atoms. The minimum atomic E-state index is -3.02. The number of aromatic nitrogens is 6. The van der Waals surface area contributed by atoms with Gasteiger partial charge in [0.2, 0.25) is 11.8 Å². The zero-order chi connectivity index (χ0) is 27.6. The summed E-state index contributed by atoms with van der Waals surface area (Å²) in [5.41, 5.74) is 3.89. The second-order valence-corrected chi connectivity index (χ2v) is 14.6. The average molecular weight is 551 g/mol. The Morgan fingerprint density at radius 2 is 1.84 bits per heavy atom. The molecule has 38 heavy (non-hydrogen) atoms. The zero-order valence-electron chi connectivity index (χ0n) is 23.0. The van der Waals surface area contributed by atoms with Crippen molar-refractivity contribution in [2.45, 2.75) is 33.6 Å². The van der Waals surface area contributed by atoms with Gasteiger partial charge in [-0.25, -0.2) is 19.7 Å². The van der Waals surface area contributed by atoms with Gasteiger partial charge in [0, 0.05) is 43.2 Å². The van der Waals surface area contributed by atoms with Crippen LogP contribution in [0.3, 0.4) is 0 Å². The molecule has 4 rings (SSSR count). The molecule has 0 fully saturated rings. The van der Waals surface area contributed by atoms with Gasteiger partial charge in [-0.05, 0) is 44.2 Å². The highest BCUT2D eigenvalue weighted by molar-refractivity contribution is 8.32. The van der Waals surface area contributed by atoms with E-state index in [-0.39, 0.29) is 12.6 Å². The summed E-state index contributed by atoms with van der Waals surface area (Å²) in [6.07, 6.45) is 10.9. The molecule has 0 aliphatic rings. The molecule has 0 aromatic carbocycles. The van der Waals surface area contributed by atoms with Crippen LogP contribution in [0.5, 0.6) is 11.8 Å². The Hall–Kier alpha value is -3.12. The van der Waals surface area contributed by atoms with Crippen molar-refractivity contribution in [2.75, 3.05) is 37.7 Å². The number of hydrogen-bond donors (Lipinski definition) is 0. The molecule has 9 nitrogen and oxygen atoms in total. The monoisotopic (exact) mass is 550 g/mol. The van der Waals surface area contributed by atoms with Gasteiger partial charge in [0.1, 0.15) is 12.4 Å². The van der Waals surface area contributed by atoms with Crippen molar-refractivity contribution in [1.29, 1.82) is 0 Å². The first-order chi connectivity index (χ1) is 18.0. The van der Waals surface area contributed by atoms with E-state index in [1.807, 2.05) is 37.6 Å². The number of hydrogen-bond acceptors (Lipinski definition) is 6. The summed E-state index contributed by atoms with van der Waals surface area (Å²) in [4.78, 5) is 4.67. The summed E-state index contributed by atoms with van der Waals surface area (Å²) >= 11 is 0. The fourth-order valence-corrected chi connectivity index (χ4v) is 5.00. The molecule has 0 saturated heterocycles. The van der Waals surface area contributed by atoms with Gasteiger partial charge < -0.3 is 18.8 Å². The number of aryl methyl sites for hydroxylation is 3. The predicted molar refractivity (Wildman–Crippen MR) is 147 cm³/mol. The van der Waals surface area contributed by atoms with Gasteiger partial charge in [-0.1, -0.05) is 6.92 Å². The molecule has 0 aliphatic carbocycles. The minimum Gasteiger partial charge on any atom is -0.477 e. The van der Waals surface area contributed by atoms with E-state index >= 15 is 0 Å². The van der Waals surface area contributed by atoms with Crippen LogP contribution in [0.15, 0.2) is 24.5 Å². The van der Waals surface area contributed by atoms with Crippen molar-refractivity contribution >= 4 is 21.1 Å². The van der Waals surface area contributed by atoms with E-state index in [2.05, 4.69) is 33.9 Å². The molecule has 0 atom stereocenters. The highest BCUT2D eigenvalue weighted by Gasteiger charge is 2.30. The Morgan fingerprint density at radius 3 is 2.53 bits per heavy atom. The number of fused-ring (bicyclic) bond motifs is 1. The van der Waals surface area contributed by atoms with Gasteiger partial charge in [-0.3, -0.25) is 4.68 Å². The quantitative estimate of drug-likeness (QED) is 0.226. The second-order valence-electron chi connectivity index (χ2n) is 10.00. The molecule has 4 aromatic rings. The average Bonchev–Trinajstić information content (AvgIpc) is 3.43. The van der Waals surface area contributed by atoms with Crippen molar-refractivity contribution < 1.29 is 23.0 Å². The standard InChI is InChI=1S/C26H36F2N6O3S/c1-8-12-36-25-20(17(2)30-33(25)4)22-21(19-15-32(3)31-24(19)37-26(27)28)18-10-9-11-29-23(18)34(22)16-35-13-14-38(5,6)7/h9-11,15,26H,8,12-14,16H2,1-7H3. The van der Waals surface area contributed by atoms with Crippen molar-refractivity contribution in [3.05, 3.63) is 30.2 Å². The van der Waals surface area contributed by atoms with Gasteiger partial charge in [0.25, 0.3) is 0 Å². The third kappa shape index (κ3) is 5.80. The first-order valence-corrected chi connectivity index (χ1v) is 15.4. The molecule has 4 heterocycles. The lowest BCUT2D eigenvalue weighted by atomic mass is 10.0. The van der Waals surface area contributed by atoms with E-state index in [9.17, 15) is 8.78 Å². The molecule has 4 aromatic heterocycles. The minimum absolute atomic E-state index is 0.165. The fraction of sp³-hybridized carbons (Fsp3) is 0.500. The van der Waals surface area contributed by atoms with Crippen molar-refractivity contribution in [1.82, 2.24) is 29.1 Å². The van der Waals surface area contributed by atoms with E-state index in [1.54, 1.807) is 24.1 Å². The van der Waals surface area contributed by atoms with Crippen LogP contribution in [0, 0.1) is 6.92 Å². The molecule has 0 unspecified atom stereocenters. The van der Waals surface area contributed by atoms with Crippen LogP contribution in [-0.4, -0.2) is 73.5 Å². The van der Waals surface area contributed by atoms with Crippen LogP contribution in [0.25, 0.3) is 33.4 Å². The third-order valence-electron chi connectivity index (χ3n) is 5.99. The summed E-state index contributed by atoms with van der Waals surface area (Å²) in [6, 6.07) is 3.73. The molecule has 208 valence electrons.